The summed E-state index contributed by atoms with van der Waals surface area (Å²) in [4.78, 5) is 30.4. The number of hydrogen-bond acceptors (Lipinski definition) is 5. The van der Waals surface area contributed by atoms with Gasteiger partial charge in [-0.2, -0.15) is 5.10 Å². The van der Waals surface area contributed by atoms with Gasteiger partial charge in [-0.15, -0.1) is 0 Å². The number of benzene rings is 2. The summed E-state index contributed by atoms with van der Waals surface area (Å²) in [5.74, 6) is -0.0120. The average Bonchev–Trinajstić information content (AvgIpc) is 3.36. The van der Waals surface area contributed by atoms with E-state index in [-0.39, 0.29) is 29.7 Å². The molecule has 1 atom stereocenters. The van der Waals surface area contributed by atoms with Crippen LogP contribution in [-0.2, 0) is 4.79 Å². The predicted molar refractivity (Wildman–Crippen MR) is 122 cm³/mol. The normalized spacial score (nSPS) is 15.2. The lowest BCUT2D eigenvalue weighted by molar-refractivity contribution is -0.116. The molecule has 0 aliphatic carbocycles. The number of carbonyl (C=O) groups excluding carboxylic acids is 1. The van der Waals surface area contributed by atoms with Crippen LogP contribution in [0.5, 0.6) is 0 Å². The van der Waals surface area contributed by atoms with Crippen molar-refractivity contribution in [3.05, 3.63) is 75.4 Å². The van der Waals surface area contributed by atoms with E-state index < -0.39 is 0 Å². The van der Waals surface area contributed by atoms with Gasteiger partial charge in [-0.3, -0.25) is 14.2 Å². The average molecular weight is 470 g/mol. The van der Waals surface area contributed by atoms with Crippen molar-refractivity contribution in [3.8, 4) is 5.69 Å². The first-order chi connectivity index (χ1) is 15.4. The number of anilines is 1. The number of rotatable bonds is 4. The Labute approximate surface area is 191 Å². The molecule has 7 nitrogen and oxygen atoms in total. The van der Waals surface area contributed by atoms with Crippen LogP contribution < -0.4 is 10.9 Å². The second-order valence-corrected chi connectivity index (χ2v) is 8.92. The minimum atomic E-state index is -0.358. The molecule has 0 bridgehead atoms. The van der Waals surface area contributed by atoms with Gasteiger partial charge in [-0.25, -0.2) is 14.1 Å². The van der Waals surface area contributed by atoms with Gasteiger partial charge < -0.3 is 5.32 Å². The smallest absolute Gasteiger partial charge is 0.265 e. The number of halogens is 2. The van der Waals surface area contributed by atoms with Crippen LogP contribution in [0, 0.1) is 12.7 Å². The van der Waals surface area contributed by atoms with Gasteiger partial charge in [-0.05, 0) is 48.9 Å². The van der Waals surface area contributed by atoms with Crippen LogP contribution in [0.1, 0.15) is 18.0 Å². The first-order valence-corrected chi connectivity index (χ1v) is 11.2. The van der Waals surface area contributed by atoms with Gasteiger partial charge in [0.2, 0.25) is 5.91 Å². The Balaban J connectivity index is 1.43. The zero-order valence-corrected chi connectivity index (χ0v) is 18.5. The molecule has 0 saturated carbocycles. The SMILES string of the molecule is Cc1ccc(NC(=O)CC2CSc3nc4c(cnn4-c4ccc(F)cc4)c(=O)n32)cc1Cl. The van der Waals surface area contributed by atoms with E-state index in [2.05, 4.69) is 15.4 Å². The molecule has 4 aromatic rings. The molecule has 1 aliphatic rings. The Morgan fingerprint density at radius 2 is 2.06 bits per heavy atom. The quantitative estimate of drug-likeness (QED) is 0.449. The van der Waals surface area contributed by atoms with Gasteiger partial charge in [0.05, 0.1) is 17.9 Å². The summed E-state index contributed by atoms with van der Waals surface area (Å²) >= 11 is 7.55. The maximum atomic E-state index is 13.3. The molecular formula is C22H17ClFN5O2S. The standard InChI is InChI=1S/C22H17ClFN5O2S/c1-12-2-5-14(8-18(12)23)26-19(30)9-16-11-32-22-27-20-17(21(31)28(16)22)10-25-29(20)15-6-3-13(24)4-7-15/h2-8,10,16H,9,11H2,1H3,(H,26,30). The minimum Gasteiger partial charge on any atom is -0.326 e. The molecular weight excluding hydrogens is 453 g/mol. The van der Waals surface area contributed by atoms with Crippen LogP contribution in [0.2, 0.25) is 5.02 Å². The number of fused-ring (bicyclic) bond motifs is 2. The van der Waals surface area contributed by atoms with Crippen LogP contribution in [0.4, 0.5) is 10.1 Å². The third kappa shape index (κ3) is 3.67. The highest BCUT2D eigenvalue weighted by Crippen LogP contribution is 2.33. The third-order valence-corrected chi connectivity index (χ3v) is 6.82. The van der Waals surface area contributed by atoms with Crippen molar-refractivity contribution in [2.24, 2.45) is 0 Å². The Hall–Kier alpha value is -3.17. The second kappa shape index (κ2) is 8.07. The molecule has 162 valence electrons. The van der Waals surface area contributed by atoms with E-state index in [1.54, 1.807) is 28.8 Å². The van der Waals surface area contributed by atoms with E-state index in [9.17, 15) is 14.0 Å². The topological polar surface area (TPSA) is 81.8 Å². The van der Waals surface area contributed by atoms with E-state index in [0.717, 1.165) is 5.56 Å². The molecule has 5 rings (SSSR count). The molecule has 10 heteroatoms. The van der Waals surface area contributed by atoms with Crippen molar-refractivity contribution >= 4 is 46.0 Å². The molecule has 2 aromatic heterocycles. The van der Waals surface area contributed by atoms with E-state index >= 15 is 0 Å². The first-order valence-electron chi connectivity index (χ1n) is 9.86. The van der Waals surface area contributed by atoms with Crippen molar-refractivity contribution in [2.75, 3.05) is 11.1 Å². The molecule has 0 radical (unpaired) electrons. The summed E-state index contributed by atoms with van der Waals surface area (Å²) in [5.41, 5.74) is 2.29. The van der Waals surface area contributed by atoms with E-state index in [0.29, 0.717) is 38.3 Å². The minimum absolute atomic E-state index is 0.130. The number of nitrogens with zero attached hydrogens (tertiary/aromatic N) is 4. The highest BCUT2D eigenvalue weighted by molar-refractivity contribution is 7.99. The maximum Gasteiger partial charge on any atom is 0.265 e. The highest BCUT2D eigenvalue weighted by Gasteiger charge is 2.29. The lowest BCUT2D eigenvalue weighted by Gasteiger charge is -2.14. The number of carbonyl (C=O) groups is 1. The third-order valence-electron chi connectivity index (χ3n) is 5.32. The maximum absolute atomic E-state index is 13.3. The van der Waals surface area contributed by atoms with Gasteiger partial charge >= 0.3 is 0 Å². The highest BCUT2D eigenvalue weighted by atomic mass is 35.5. The first kappa shape index (κ1) is 20.7. The Bertz CT molecular complexity index is 1420. The van der Waals surface area contributed by atoms with E-state index in [1.807, 2.05) is 13.0 Å². The molecule has 0 fully saturated rings. The van der Waals surface area contributed by atoms with Crippen molar-refractivity contribution in [1.29, 1.82) is 0 Å². The summed E-state index contributed by atoms with van der Waals surface area (Å²) in [5, 5.41) is 8.56. The van der Waals surface area contributed by atoms with Gasteiger partial charge in [0.25, 0.3) is 5.56 Å². The summed E-state index contributed by atoms with van der Waals surface area (Å²) in [6.45, 7) is 1.89. The number of nitrogens with one attached hydrogen (secondary N) is 1. The Morgan fingerprint density at radius 3 is 2.81 bits per heavy atom. The molecule has 0 saturated heterocycles. The molecule has 32 heavy (non-hydrogen) atoms. The number of hydrogen-bond donors (Lipinski definition) is 1. The zero-order chi connectivity index (χ0) is 22.4. The van der Waals surface area contributed by atoms with Crippen LogP contribution in [0.3, 0.4) is 0 Å². The Morgan fingerprint density at radius 1 is 1.28 bits per heavy atom. The molecule has 3 heterocycles. The fourth-order valence-corrected chi connectivity index (χ4v) is 4.96. The summed E-state index contributed by atoms with van der Waals surface area (Å²) < 4.78 is 16.3. The lowest BCUT2D eigenvalue weighted by atomic mass is 10.2. The molecule has 1 N–H and O–H groups in total. The van der Waals surface area contributed by atoms with Crippen LogP contribution in [0.25, 0.3) is 16.7 Å². The van der Waals surface area contributed by atoms with Crippen molar-refractivity contribution in [1.82, 2.24) is 19.3 Å². The van der Waals surface area contributed by atoms with Gasteiger partial charge in [0.15, 0.2) is 10.8 Å². The molecule has 1 amide bonds. The molecule has 2 aromatic carbocycles. The van der Waals surface area contributed by atoms with Crippen LogP contribution >= 0.6 is 23.4 Å². The van der Waals surface area contributed by atoms with Crippen LogP contribution in [-0.4, -0.2) is 31.0 Å². The number of aromatic nitrogens is 4. The van der Waals surface area contributed by atoms with Gasteiger partial charge in [-0.1, -0.05) is 29.4 Å². The Kier molecular flexibility index (Phi) is 5.22. The molecule has 1 unspecified atom stereocenters. The van der Waals surface area contributed by atoms with Crippen molar-refractivity contribution in [2.45, 2.75) is 24.5 Å². The van der Waals surface area contributed by atoms with Crippen molar-refractivity contribution < 1.29 is 9.18 Å². The number of amides is 1. The van der Waals surface area contributed by atoms with E-state index in [1.165, 1.54) is 34.8 Å². The van der Waals surface area contributed by atoms with Crippen LogP contribution in [0.15, 0.2) is 58.6 Å². The fraction of sp³-hybridized carbons (Fsp3) is 0.182. The molecule has 1 aliphatic heterocycles. The van der Waals surface area contributed by atoms with Gasteiger partial charge in [0, 0.05) is 22.9 Å². The number of thioether (sulfide) groups is 1. The largest absolute Gasteiger partial charge is 0.326 e. The zero-order valence-electron chi connectivity index (χ0n) is 16.9. The summed E-state index contributed by atoms with van der Waals surface area (Å²) in [6, 6.07) is 10.8. The number of aryl methyl sites for hydroxylation is 1. The van der Waals surface area contributed by atoms with Gasteiger partial charge in [0.1, 0.15) is 11.2 Å². The summed E-state index contributed by atoms with van der Waals surface area (Å²) in [6.07, 6.45) is 1.58. The van der Waals surface area contributed by atoms with Crippen molar-refractivity contribution in [3.63, 3.8) is 0 Å². The predicted octanol–water partition coefficient (Wildman–Crippen LogP) is 4.36. The monoisotopic (exact) mass is 469 g/mol. The van der Waals surface area contributed by atoms with E-state index in [4.69, 9.17) is 11.6 Å². The fourth-order valence-electron chi connectivity index (χ4n) is 3.65. The second-order valence-electron chi connectivity index (χ2n) is 7.52. The molecule has 0 spiro atoms. The lowest BCUT2D eigenvalue weighted by Crippen LogP contribution is -2.27. The summed E-state index contributed by atoms with van der Waals surface area (Å²) in [7, 11) is 0.